The van der Waals surface area contributed by atoms with Gasteiger partial charge in [-0.3, -0.25) is 9.59 Å². The lowest BCUT2D eigenvalue weighted by molar-refractivity contribution is -0.153. The largest absolute Gasteiger partial charge is 0.455 e. The highest BCUT2D eigenvalue weighted by atomic mass is 16.6. The van der Waals surface area contributed by atoms with Gasteiger partial charge in [-0.25, -0.2) is 0 Å². The van der Waals surface area contributed by atoms with Gasteiger partial charge in [0.2, 0.25) is 0 Å². The van der Waals surface area contributed by atoms with Crippen LogP contribution in [0.2, 0.25) is 0 Å². The van der Waals surface area contributed by atoms with Crippen molar-refractivity contribution in [3.8, 4) is 0 Å². The highest BCUT2D eigenvalue weighted by Gasteiger charge is 2.25. The molecule has 0 saturated carbocycles. The third-order valence-electron chi connectivity index (χ3n) is 3.65. The van der Waals surface area contributed by atoms with E-state index in [-0.39, 0.29) is 12.2 Å². The van der Waals surface area contributed by atoms with E-state index >= 15 is 0 Å². The molecule has 23 heavy (non-hydrogen) atoms. The molecule has 0 saturated heterocycles. The van der Waals surface area contributed by atoms with Gasteiger partial charge < -0.3 is 4.74 Å². The van der Waals surface area contributed by atoms with Crippen molar-refractivity contribution in [3.63, 3.8) is 0 Å². The number of carbonyl (C=O) groups is 2. The van der Waals surface area contributed by atoms with Crippen molar-refractivity contribution in [2.75, 3.05) is 0 Å². The summed E-state index contributed by atoms with van der Waals surface area (Å²) in [7, 11) is 0. The number of allylic oxidation sites excluding steroid dienone is 2. The monoisotopic (exact) mass is 314 g/mol. The summed E-state index contributed by atoms with van der Waals surface area (Å²) in [6.45, 7) is 11.6. The fourth-order valence-electron chi connectivity index (χ4n) is 2.11. The van der Waals surface area contributed by atoms with Crippen LogP contribution in [0.25, 0.3) is 0 Å². The summed E-state index contributed by atoms with van der Waals surface area (Å²) in [5.41, 5.74) is 2.06. The number of hydrogen-bond donors (Lipinski definition) is 0. The Morgan fingerprint density at radius 3 is 2.35 bits per heavy atom. The van der Waals surface area contributed by atoms with Crippen molar-refractivity contribution >= 4 is 11.8 Å². The van der Waals surface area contributed by atoms with Crippen LogP contribution in [0.15, 0.2) is 48.6 Å². The Hall–Kier alpha value is -2.16. The fraction of sp³-hybridized carbons (Fsp3) is 0.400. The maximum atomic E-state index is 12.1. The van der Waals surface area contributed by atoms with Crippen molar-refractivity contribution in [1.82, 2.24) is 0 Å². The third-order valence-corrected chi connectivity index (χ3v) is 3.65. The molecule has 0 amide bonds. The van der Waals surface area contributed by atoms with Crippen LogP contribution >= 0.6 is 0 Å². The molecular formula is C20H26O3. The Bertz CT molecular complexity index is 592. The molecule has 0 fully saturated rings. The second-order valence-corrected chi connectivity index (χ2v) is 6.28. The Balaban J connectivity index is 2.62. The number of aryl methyl sites for hydroxylation is 1. The maximum absolute atomic E-state index is 12.1. The molecule has 3 nitrogen and oxygen atoms in total. The van der Waals surface area contributed by atoms with E-state index in [4.69, 9.17) is 4.74 Å². The van der Waals surface area contributed by atoms with E-state index in [1.807, 2.05) is 39.8 Å². The first kappa shape index (κ1) is 18.9. The summed E-state index contributed by atoms with van der Waals surface area (Å²) in [5.74, 6) is -0.749. The number of carbonyl (C=O) groups excluding carboxylic acids is 2. The molecule has 0 heterocycles. The third kappa shape index (κ3) is 6.64. The maximum Gasteiger partial charge on any atom is 0.314 e. The van der Waals surface area contributed by atoms with Gasteiger partial charge in [0.15, 0.2) is 5.78 Å². The SMILES string of the molecule is C=CC(C)(CCC=C(C)C)OC(=O)CC(=O)c1ccc(C)cc1. The lowest BCUT2D eigenvalue weighted by atomic mass is 9.99. The van der Waals surface area contributed by atoms with Crippen LogP contribution in [-0.2, 0) is 9.53 Å². The summed E-state index contributed by atoms with van der Waals surface area (Å²) < 4.78 is 5.48. The number of rotatable bonds is 8. The summed E-state index contributed by atoms with van der Waals surface area (Å²) in [4.78, 5) is 24.2. The molecular weight excluding hydrogens is 288 g/mol. The molecule has 1 unspecified atom stereocenters. The van der Waals surface area contributed by atoms with E-state index in [2.05, 4.69) is 12.7 Å². The molecule has 0 aromatic heterocycles. The van der Waals surface area contributed by atoms with Gasteiger partial charge in [-0.05, 0) is 46.6 Å². The molecule has 1 atom stereocenters. The number of benzene rings is 1. The van der Waals surface area contributed by atoms with Gasteiger partial charge in [-0.1, -0.05) is 48.1 Å². The standard InChI is InChI=1S/C20H26O3/c1-6-20(5,13-7-8-15(2)3)23-19(22)14-18(21)17-11-9-16(4)10-12-17/h6,8-12H,1,7,13-14H2,2-5H3. The second kappa shape index (κ2) is 8.47. The highest BCUT2D eigenvalue weighted by Crippen LogP contribution is 2.21. The number of hydrogen-bond acceptors (Lipinski definition) is 3. The van der Waals surface area contributed by atoms with E-state index in [1.165, 1.54) is 5.57 Å². The molecule has 0 radical (unpaired) electrons. The normalized spacial score (nSPS) is 12.9. The lowest BCUT2D eigenvalue weighted by Crippen LogP contribution is -2.30. The van der Waals surface area contributed by atoms with Crippen LogP contribution in [-0.4, -0.2) is 17.4 Å². The van der Waals surface area contributed by atoms with Crippen molar-refractivity contribution in [1.29, 1.82) is 0 Å². The number of esters is 1. The van der Waals surface area contributed by atoms with Gasteiger partial charge in [0.25, 0.3) is 0 Å². The molecule has 0 aliphatic rings. The number of ether oxygens (including phenoxy) is 1. The highest BCUT2D eigenvalue weighted by molar-refractivity contribution is 6.06. The topological polar surface area (TPSA) is 43.4 Å². The minimum Gasteiger partial charge on any atom is -0.455 e. The first-order chi connectivity index (χ1) is 10.8. The zero-order chi connectivity index (χ0) is 17.5. The van der Waals surface area contributed by atoms with Crippen molar-refractivity contribution in [2.45, 2.75) is 52.6 Å². The molecule has 0 bridgehead atoms. The van der Waals surface area contributed by atoms with Gasteiger partial charge in [-0.2, -0.15) is 0 Å². The van der Waals surface area contributed by atoms with E-state index in [0.29, 0.717) is 12.0 Å². The van der Waals surface area contributed by atoms with Crippen LogP contribution < -0.4 is 0 Å². The summed E-state index contributed by atoms with van der Waals surface area (Å²) in [6, 6.07) is 7.16. The minimum atomic E-state index is -0.753. The smallest absolute Gasteiger partial charge is 0.314 e. The molecule has 1 aromatic rings. The molecule has 0 spiro atoms. The van der Waals surface area contributed by atoms with Crippen LogP contribution in [0.3, 0.4) is 0 Å². The van der Waals surface area contributed by atoms with Crippen molar-refractivity contribution in [3.05, 3.63) is 59.7 Å². The van der Waals surface area contributed by atoms with E-state index < -0.39 is 11.6 Å². The fourth-order valence-corrected chi connectivity index (χ4v) is 2.11. The molecule has 0 aliphatic heterocycles. The zero-order valence-corrected chi connectivity index (χ0v) is 14.5. The van der Waals surface area contributed by atoms with Crippen molar-refractivity contribution in [2.24, 2.45) is 0 Å². The van der Waals surface area contributed by atoms with Crippen LogP contribution in [0.1, 0.15) is 56.0 Å². The Labute approximate surface area is 139 Å². The van der Waals surface area contributed by atoms with Gasteiger partial charge in [0.05, 0.1) is 0 Å². The summed E-state index contributed by atoms with van der Waals surface area (Å²) in [6.07, 6.45) is 4.90. The van der Waals surface area contributed by atoms with E-state index in [0.717, 1.165) is 12.0 Å². The Morgan fingerprint density at radius 1 is 1.22 bits per heavy atom. The van der Waals surface area contributed by atoms with Crippen LogP contribution in [0, 0.1) is 6.92 Å². The number of ketones is 1. The van der Waals surface area contributed by atoms with Gasteiger partial charge in [-0.15, -0.1) is 0 Å². The first-order valence-electron chi connectivity index (χ1n) is 7.84. The van der Waals surface area contributed by atoms with Gasteiger partial charge in [0, 0.05) is 5.56 Å². The molecule has 1 rings (SSSR count). The van der Waals surface area contributed by atoms with Gasteiger partial charge in [0.1, 0.15) is 12.0 Å². The summed E-state index contributed by atoms with van der Waals surface area (Å²) >= 11 is 0. The zero-order valence-electron chi connectivity index (χ0n) is 14.5. The molecule has 1 aromatic carbocycles. The molecule has 124 valence electrons. The second-order valence-electron chi connectivity index (χ2n) is 6.28. The molecule has 0 N–H and O–H groups in total. The minimum absolute atomic E-state index is 0.231. The number of Topliss-reactive ketones (excluding diaryl/α,β-unsaturated/α-hetero) is 1. The predicted molar refractivity (Wildman–Crippen MR) is 93.5 cm³/mol. The molecule has 3 heteroatoms. The average Bonchev–Trinajstić information content (AvgIpc) is 2.47. The quantitative estimate of drug-likeness (QED) is 0.299. The average molecular weight is 314 g/mol. The Morgan fingerprint density at radius 2 is 1.83 bits per heavy atom. The lowest BCUT2D eigenvalue weighted by Gasteiger charge is -2.25. The van der Waals surface area contributed by atoms with E-state index in [9.17, 15) is 9.59 Å². The summed E-state index contributed by atoms with van der Waals surface area (Å²) in [5, 5.41) is 0. The van der Waals surface area contributed by atoms with E-state index in [1.54, 1.807) is 18.2 Å². The van der Waals surface area contributed by atoms with Crippen LogP contribution in [0.5, 0.6) is 0 Å². The molecule has 0 aliphatic carbocycles. The van der Waals surface area contributed by atoms with Crippen LogP contribution in [0.4, 0.5) is 0 Å². The van der Waals surface area contributed by atoms with Gasteiger partial charge >= 0.3 is 5.97 Å². The first-order valence-corrected chi connectivity index (χ1v) is 7.84. The van der Waals surface area contributed by atoms with Crippen molar-refractivity contribution < 1.29 is 14.3 Å². The Kier molecular flexibility index (Phi) is 6.95. The predicted octanol–water partition coefficient (Wildman–Crippen LogP) is 4.80.